The molecule has 0 unspecified atom stereocenters. The number of hydrogen-bond acceptors (Lipinski definition) is 2. The number of benzene rings is 2. The van der Waals surface area contributed by atoms with E-state index in [4.69, 9.17) is 11.2 Å². The molecule has 2 aromatic rings. The van der Waals surface area contributed by atoms with Gasteiger partial charge in [-0.1, -0.05) is 30.2 Å². The van der Waals surface area contributed by atoms with Crippen LogP contribution in [0.5, 0.6) is 5.75 Å². The molecule has 2 N–H and O–H groups in total. The number of terminal acetylenes is 1. The molecule has 0 fully saturated rings. The Hall–Kier alpha value is -3.00. The summed E-state index contributed by atoms with van der Waals surface area (Å²) >= 11 is 0. The zero-order valence-corrected chi connectivity index (χ0v) is 14.1. The molecule has 0 aliphatic heterocycles. The second-order valence-corrected chi connectivity index (χ2v) is 5.58. The van der Waals surface area contributed by atoms with E-state index in [2.05, 4.69) is 16.6 Å². The first-order chi connectivity index (χ1) is 12.1. The summed E-state index contributed by atoms with van der Waals surface area (Å²) in [6, 6.07) is 12.1. The van der Waals surface area contributed by atoms with Crippen LogP contribution in [0.3, 0.4) is 0 Å². The quantitative estimate of drug-likeness (QED) is 0.761. The fourth-order valence-corrected chi connectivity index (χ4v) is 2.26. The van der Waals surface area contributed by atoms with Gasteiger partial charge in [0.1, 0.15) is 18.2 Å². The van der Waals surface area contributed by atoms with Crippen molar-refractivity contribution in [1.82, 2.24) is 10.6 Å². The molecule has 0 radical (unpaired) electrons. The third-order valence-corrected chi connectivity index (χ3v) is 3.62. The topological polar surface area (TPSA) is 50.4 Å². The van der Waals surface area contributed by atoms with Crippen LogP contribution in [-0.4, -0.2) is 19.2 Å². The molecule has 5 heteroatoms. The largest absolute Gasteiger partial charge is 0.481 e. The lowest BCUT2D eigenvalue weighted by Crippen LogP contribution is -2.36. The highest BCUT2D eigenvalue weighted by atomic mass is 19.1. The Bertz CT molecular complexity index is 751. The summed E-state index contributed by atoms with van der Waals surface area (Å²) in [5.74, 6) is 2.89. The van der Waals surface area contributed by atoms with Gasteiger partial charge in [0.05, 0.1) is 0 Å². The van der Waals surface area contributed by atoms with Crippen molar-refractivity contribution in [2.75, 3.05) is 13.2 Å². The fourth-order valence-electron chi connectivity index (χ4n) is 2.26. The molecule has 0 aromatic heterocycles. The monoisotopic (exact) mass is 340 g/mol. The number of nitrogens with one attached hydrogen (secondary N) is 2. The van der Waals surface area contributed by atoms with Crippen molar-refractivity contribution in [3.63, 3.8) is 0 Å². The van der Waals surface area contributed by atoms with Crippen LogP contribution >= 0.6 is 0 Å². The lowest BCUT2D eigenvalue weighted by atomic mass is 10.1. The average Bonchev–Trinajstić information content (AvgIpc) is 2.62. The van der Waals surface area contributed by atoms with Crippen LogP contribution in [0.4, 0.5) is 9.18 Å². The molecule has 0 bridgehead atoms. The van der Waals surface area contributed by atoms with E-state index in [1.54, 1.807) is 19.1 Å². The SMILES string of the molecule is C#CCOc1ccc(CCNC(=O)NCc2ccc(F)c(C)c2)cc1. The molecule has 0 heterocycles. The van der Waals surface area contributed by atoms with Crippen molar-refractivity contribution in [2.24, 2.45) is 0 Å². The van der Waals surface area contributed by atoms with Crippen molar-refractivity contribution >= 4 is 6.03 Å². The molecule has 4 nitrogen and oxygen atoms in total. The van der Waals surface area contributed by atoms with Crippen LogP contribution in [0.2, 0.25) is 0 Å². The van der Waals surface area contributed by atoms with Gasteiger partial charge in [0.2, 0.25) is 0 Å². The van der Waals surface area contributed by atoms with E-state index in [0.29, 0.717) is 25.1 Å². The zero-order chi connectivity index (χ0) is 18.1. The van der Waals surface area contributed by atoms with E-state index < -0.39 is 0 Å². The van der Waals surface area contributed by atoms with E-state index in [1.165, 1.54) is 6.07 Å². The maximum Gasteiger partial charge on any atom is 0.315 e. The highest BCUT2D eigenvalue weighted by molar-refractivity contribution is 5.73. The number of halogens is 1. The number of urea groups is 1. The molecule has 0 spiro atoms. The minimum Gasteiger partial charge on any atom is -0.481 e. The molecule has 2 aromatic carbocycles. The summed E-state index contributed by atoms with van der Waals surface area (Å²) in [5, 5.41) is 5.55. The Kier molecular flexibility index (Phi) is 6.85. The predicted octanol–water partition coefficient (Wildman–Crippen LogP) is 3.19. The molecular formula is C20H21FN2O2. The van der Waals surface area contributed by atoms with Crippen LogP contribution in [-0.2, 0) is 13.0 Å². The summed E-state index contributed by atoms with van der Waals surface area (Å²) in [6.07, 6.45) is 5.85. The van der Waals surface area contributed by atoms with Crippen molar-refractivity contribution in [3.05, 3.63) is 65.0 Å². The van der Waals surface area contributed by atoms with Crippen LogP contribution in [0.15, 0.2) is 42.5 Å². The minimum absolute atomic E-state index is 0.245. The van der Waals surface area contributed by atoms with Crippen LogP contribution in [0, 0.1) is 25.1 Å². The summed E-state index contributed by atoms with van der Waals surface area (Å²) < 4.78 is 18.5. The smallest absolute Gasteiger partial charge is 0.315 e. The Labute approximate surface area is 147 Å². The van der Waals surface area contributed by atoms with Gasteiger partial charge in [-0.2, -0.15) is 0 Å². The second-order valence-electron chi connectivity index (χ2n) is 5.58. The first kappa shape index (κ1) is 18.3. The Morgan fingerprint density at radius 1 is 1.16 bits per heavy atom. The highest BCUT2D eigenvalue weighted by Gasteiger charge is 2.03. The number of hydrogen-bond donors (Lipinski definition) is 2. The molecular weight excluding hydrogens is 319 g/mol. The van der Waals surface area contributed by atoms with Gasteiger partial charge in [-0.25, -0.2) is 9.18 Å². The molecule has 25 heavy (non-hydrogen) atoms. The van der Waals surface area contributed by atoms with Gasteiger partial charge in [-0.05, 0) is 48.2 Å². The summed E-state index contributed by atoms with van der Waals surface area (Å²) in [7, 11) is 0. The number of aryl methyl sites for hydroxylation is 1. The van der Waals surface area contributed by atoms with Gasteiger partial charge in [0.15, 0.2) is 0 Å². The van der Waals surface area contributed by atoms with Gasteiger partial charge in [0, 0.05) is 13.1 Å². The second kappa shape index (κ2) is 9.33. The van der Waals surface area contributed by atoms with Crippen LogP contribution < -0.4 is 15.4 Å². The average molecular weight is 340 g/mol. The third-order valence-electron chi connectivity index (χ3n) is 3.62. The zero-order valence-electron chi connectivity index (χ0n) is 14.1. The van der Waals surface area contributed by atoms with Crippen LogP contribution in [0.25, 0.3) is 0 Å². The molecule has 2 rings (SSSR count). The van der Waals surface area contributed by atoms with E-state index >= 15 is 0 Å². The van der Waals surface area contributed by atoms with Crippen molar-refractivity contribution in [3.8, 4) is 18.1 Å². The number of carbonyl (C=O) groups excluding carboxylic acids is 1. The van der Waals surface area contributed by atoms with Crippen molar-refractivity contribution in [2.45, 2.75) is 19.9 Å². The third kappa shape index (κ3) is 6.19. The first-order valence-electron chi connectivity index (χ1n) is 8.00. The van der Waals surface area contributed by atoms with Gasteiger partial charge in [-0.3, -0.25) is 0 Å². The molecule has 0 aliphatic rings. The lowest BCUT2D eigenvalue weighted by Gasteiger charge is -2.09. The molecule has 130 valence electrons. The Morgan fingerprint density at radius 2 is 1.88 bits per heavy atom. The normalized spacial score (nSPS) is 9.96. The summed E-state index contributed by atoms with van der Waals surface area (Å²) in [5.41, 5.74) is 2.51. The molecule has 0 atom stereocenters. The molecule has 0 saturated carbocycles. The van der Waals surface area contributed by atoms with Gasteiger partial charge in [-0.15, -0.1) is 6.42 Å². The van der Waals surface area contributed by atoms with Gasteiger partial charge in [0.25, 0.3) is 0 Å². The predicted molar refractivity (Wildman–Crippen MR) is 95.8 cm³/mol. The summed E-state index contributed by atoms with van der Waals surface area (Å²) in [4.78, 5) is 11.8. The Balaban J connectivity index is 1.69. The Morgan fingerprint density at radius 3 is 2.56 bits per heavy atom. The summed E-state index contributed by atoms with van der Waals surface area (Å²) in [6.45, 7) is 2.81. The van der Waals surface area contributed by atoms with E-state index in [0.717, 1.165) is 16.9 Å². The number of rotatable bonds is 7. The van der Waals surface area contributed by atoms with Gasteiger partial charge >= 0.3 is 6.03 Å². The molecule has 0 saturated heterocycles. The fraction of sp³-hybridized carbons (Fsp3) is 0.250. The maximum absolute atomic E-state index is 13.2. The van der Waals surface area contributed by atoms with Gasteiger partial charge < -0.3 is 15.4 Å². The van der Waals surface area contributed by atoms with Crippen molar-refractivity contribution < 1.29 is 13.9 Å². The van der Waals surface area contributed by atoms with E-state index in [-0.39, 0.29) is 18.5 Å². The maximum atomic E-state index is 13.2. The standard InChI is InChI=1S/C20H21FN2O2/c1-3-12-25-18-7-4-16(5-8-18)10-11-22-20(24)23-14-17-6-9-19(21)15(2)13-17/h1,4-9,13H,10-12,14H2,2H3,(H2,22,23,24). The molecule has 2 amide bonds. The molecule has 0 aliphatic carbocycles. The van der Waals surface area contributed by atoms with E-state index in [9.17, 15) is 9.18 Å². The van der Waals surface area contributed by atoms with E-state index in [1.807, 2.05) is 24.3 Å². The van der Waals surface area contributed by atoms with Crippen molar-refractivity contribution in [1.29, 1.82) is 0 Å². The highest BCUT2D eigenvalue weighted by Crippen LogP contribution is 2.12. The number of amides is 2. The number of carbonyl (C=O) groups is 1. The minimum atomic E-state index is -0.254. The van der Waals surface area contributed by atoms with Crippen LogP contribution in [0.1, 0.15) is 16.7 Å². The lowest BCUT2D eigenvalue weighted by molar-refractivity contribution is 0.240. The number of ether oxygens (including phenoxy) is 1. The first-order valence-corrected chi connectivity index (χ1v) is 8.00.